The fourth-order valence-electron chi connectivity index (χ4n) is 4.00. The van der Waals surface area contributed by atoms with Crippen LogP contribution in [0.2, 0.25) is 0 Å². The molecule has 0 bridgehead atoms. The maximum Gasteiger partial charge on any atom is 0.336 e. The first kappa shape index (κ1) is 24.8. The van der Waals surface area contributed by atoms with Crippen LogP contribution in [0.4, 0.5) is 5.69 Å². The Kier molecular flexibility index (Phi) is 7.53. The van der Waals surface area contributed by atoms with E-state index in [4.69, 9.17) is 9.15 Å². The van der Waals surface area contributed by atoms with Gasteiger partial charge < -0.3 is 23.9 Å². The number of fused-ring (bicyclic) bond motifs is 1. The van der Waals surface area contributed by atoms with Crippen LogP contribution < -0.4 is 26.0 Å². The van der Waals surface area contributed by atoms with Crippen LogP contribution in [0.1, 0.15) is 16.8 Å². The molecule has 2 aromatic heterocycles. The summed E-state index contributed by atoms with van der Waals surface area (Å²) in [6.45, 7) is 2.93. The molecular weight excluding hydrogens is 458 g/mol. The van der Waals surface area contributed by atoms with Gasteiger partial charge in [-0.3, -0.25) is 9.59 Å². The second-order valence-electron chi connectivity index (χ2n) is 8.75. The number of anilines is 1. The third kappa shape index (κ3) is 5.83. The number of ether oxygens (including phenoxy) is 1. The van der Waals surface area contributed by atoms with E-state index in [9.17, 15) is 14.4 Å². The van der Waals surface area contributed by atoms with E-state index in [1.165, 1.54) is 12.1 Å². The number of amides is 1. The summed E-state index contributed by atoms with van der Waals surface area (Å²) in [5, 5.41) is 3.62. The predicted molar refractivity (Wildman–Crippen MR) is 140 cm³/mol. The van der Waals surface area contributed by atoms with Gasteiger partial charge in [0, 0.05) is 62.7 Å². The molecule has 8 nitrogen and oxygen atoms in total. The second kappa shape index (κ2) is 10.9. The number of hydrogen-bond acceptors (Lipinski definition) is 6. The molecule has 0 spiro atoms. The van der Waals surface area contributed by atoms with Crippen LogP contribution >= 0.6 is 0 Å². The molecule has 36 heavy (non-hydrogen) atoms. The highest BCUT2D eigenvalue weighted by Gasteiger charge is 2.13. The maximum atomic E-state index is 12.7. The van der Waals surface area contributed by atoms with Gasteiger partial charge in [-0.25, -0.2) is 4.79 Å². The summed E-state index contributed by atoms with van der Waals surface area (Å²) in [5.41, 5.74) is 2.94. The van der Waals surface area contributed by atoms with Crippen molar-refractivity contribution in [2.24, 2.45) is 0 Å². The van der Waals surface area contributed by atoms with Crippen LogP contribution in [-0.2, 0) is 24.4 Å². The van der Waals surface area contributed by atoms with Gasteiger partial charge in [0.25, 0.3) is 0 Å². The Hall–Kier alpha value is -4.33. The molecule has 0 fully saturated rings. The van der Waals surface area contributed by atoms with Crippen molar-refractivity contribution in [1.82, 2.24) is 9.88 Å². The first-order valence-electron chi connectivity index (χ1n) is 11.7. The van der Waals surface area contributed by atoms with E-state index in [1.807, 2.05) is 73.0 Å². The van der Waals surface area contributed by atoms with Crippen LogP contribution in [0.25, 0.3) is 11.0 Å². The van der Waals surface area contributed by atoms with Crippen LogP contribution in [0.15, 0.2) is 80.9 Å². The summed E-state index contributed by atoms with van der Waals surface area (Å²) in [6.07, 6.45) is 1.75. The summed E-state index contributed by atoms with van der Waals surface area (Å²) < 4.78 is 13.0. The molecule has 0 atom stereocenters. The lowest BCUT2D eigenvalue weighted by Gasteiger charge is -2.15. The van der Waals surface area contributed by atoms with E-state index in [0.717, 1.165) is 16.6 Å². The Bertz CT molecular complexity index is 1490. The quantitative estimate of drug-likeness (QED) is 0.364. The van der Waals surface area contributed by atoms with Gasteiger partial charge in [-0.1, -0.05) is 30.3 Å². The van der Waals surface area contributed by atoms with Gasteiger partial charge in [-0.2, -0.15) is 0 Å². The van der Waals surface area contributed by atoms with Gasteiger partial charge in [0.1, 0.15) is 12.2 Å². The molecule has 4 aromatic rings. The van der Waals surface area contributed by atoms with Gasteiger partial charge >= 0.3 is 5.63 Å². The molecule has 0 aliphatic carbocycles. The van der Waals surface area contributed by atoms with Crippen molar-refractivity contribution in [1.29, 1.82) is 0 Å². The maximum absolute atomic E-state index is 12.7. The van der Waals surface area contributed by atoms with Gasteiger partial charge in [0.15, 0.2) is 5.75 Å². The number of rotatable bonds is 9. The number of hydrogen-bond donors (Lipinski definition) is 1. The lowest BCUT2D eigenvalue weighted by Crippen LogP contribution is -2.29. The number of pyridine rings is 1. The number of carbonyl (C=O) groups excluding carboxylic acids is 1. The number of aromatic nitrogens is 1. The van der Waals surface area contributed by atoms with Crippen LogP contribution in [0.3, 0.4) is 0 Å². The average molecular weight is 488 g/mol. The molecule has 8 heteroatoms. The minimum atomic E-state index is -0.492. The molecule has 4 rings (SSSR count). The summed E-state index contributed by atoms with van der Waals surface area (Å²) in [4.78, 5) is 39.0. The Morgan fingerprint density at radius 1 is 1.06 bits per heavy atom. The number of nitrogens with zero attached hydrogens (tertiary/aromatic N) is 2. The first-order valence-corrected chi connectivity index (χ1v) is 11.7. The number of nitrogens with one attached hydrogen (secondary N) is 1. The largest absolute Gasteiger partial charge is 0.483 e. The summed E-state index contributed by atoms with van der Waals surface area (Å²) >= 11 is 0. The summed E-state index contributed by atoms with van der Waals surface area (Å²) in [7, 11) is 3.80. The van der Waals surface area contributed by atoms with E-state index in [0.29, 0.717) is 42.3 Å². The van der Waals surface area contributed by atoms with Crippen molar-refractivity contribution in [3.8, 4) is 5.75 Å². The molecule has 0 saturated heterocycles. The molecular formula is C28H29N3O5. The van der Waals surface area contributed by atoms with Gasteiger partial charge in [-0.05, 0) is 30.2 Å². The fraction of sp³-hybridized carbons (Fsp3) is 0.250. The van der Waals surface area contributed by atoms with E-state index < -0.39 is 5.63 Å². The van der Waals surface area contributed by atoms with Crippen molar-refractivity contribution in [3.63, 3.8) is 0 Å². The predicted octanol–water partition coefficient (Wildman–Crippen LogP) is 3.27. The second-order valence-corrected chi connectivity index (χ2v) is 8.75. The van der Waals surface area contributed by atoms with Crippen LogP contribution in [0, 0.1) is 6.92 Å². The first-order chi connectivity index (χ1) is 17.3. The molecule has 1 N–H and O–H groups in total. The molecule has 0 aliphatic rings. The molecule has 0 saturated carbocycles. The molecule has 2 heterocycles. The Labute approximate surface area is 208 Å². The number of carbonyl (C=O) groups is 1. The van der Waals surface area contributed by atoms with E-state index >= 15 is 0 Å². The van der Waals surface area contributed by atoms with Crippen molar-refractivity contribution in [2.75, 3.05) is 25.5 Å². The minimum Gasteiger partial charge on any atom is -0.483 e. The van der Waals surface area contributed by atoms with Crippen LogP contribution in [0.5, 0.6) is 5.75 Å². The number of benzene rings is 2. The average Bonchev–Trinajstić information content (AvgIpc) is 2.85. The highest BCUT2D eigenvalue weighted by atomic mass is 16.5. The third-order valence-electron chi connectivity index (χ3n) is 5.97. The highest BCUT2D eigenvalue weighted by molar-refractivity contribution is 5.88. The molecule has 0 aliphatic heterocycles. The fourth-order valence-corrected chi connectivity index (χ4v) is 4.00. The van der Waals surface area contributed by atoms with Crippen molar-refractivity contribution < 1.29 is 13.9 Å². The molecule has 186 valence electrons. The van der Waals surface area contributed by atoms with Crippen molar-refractivity contribution in [3.05, 3.63) is 104 Å². The lowest BCUT2D eigenvalue weighted by molar-refractivity contribution is -0.120. The van der Waals surface area contributed by atoms with E-state index in [2.05, 4.69) is 5.32 Å². The third-order valence-corrected chi connectivity index (χ3v) is 5.97. The highest BCUT2D eigenvalue weighted by Crippen LogP contribution is 2.23. The molecule has 2 aromatic carbocycles. The molecule has 1 amide bonds. The minimum absolute atomic E-state index is 0.0536. The van der Waals surface area contributed by atoms with E-state index in [-0.39, 0.29) is 17.8 Å². The Balaban J connectivity index is 1.40. The molecule has 0 unspecified atom stereocenters. The monoisotopic (exact) mass is 487 g/mol. The SMILES string of the molecule is Cc1c(OCc2ccccc2)c(=O)ccn1CCNC(=O)Cc1cc(=O)oc2cc(N(C)C)ccc12. The normalized spacial score (nSPS) is 10.9. The van der Waals surface area contributed by atoms with Crippen molar-refractivity contribution in [2.45, 2.75) is 26.5 Å². The van der Waals surface area contributed by atoms with Crippen molar-refractivity contribution >= 4 is 22.6 Å². The summed E-state index contributed by atoms with van der Waals surface area (Å²) in [5.74, 6) is 0.0880. The van der Waals surface area contributed by atoms with Gasteiger partial charge in [0.2, 0.25) is 11.3 Å². The molecule has 0 radical (unpaired) electrons. The zero-order valence-electron chi connectivity index (χ0n) is 20.6. The standard InChI is InChI=1S/C28H29N3O5/c1-19-28(35-18-20-7-5-4-6-8-20)24(32)11-13-31(19)14-12-29-26(33)15-21-16-27(34)36-25-17-22(30(2)3)9-10-23(21)25/h4-11,13,16-17H,12,14-15,18H2,1-3H3,(H,29,33). The Morgan fingerprint density at radius 2 is 1.83 bits per heavy atom. The van der Waals surface area contributed by atoms with Crippen LogP contribution in [-0.4, -0.2) is 31.1 Å². The zero-order chi connectivity index (χ0) is 25.7. The van der Waals surface area contributed by atoms with Gasteiger partial charge in [0.05, 0.1) is 12.1 Å². The summed E-state index contributed by atoms with van der Waals surface area (Å²) in [6, 6.07) is 18.0. The van der Waals surface area contributed by atoms with Gasteiger partial charge in [-0.15, -0.1) is 0 Å². The lowest BCUT2D eigenvalue weighted by atomic mass is 10.1. The zero-order valence-corrected chi connectivity index (χ0v) is 20.6. The topological polar surface area (TPSA) is 93.8 Å². The smallest absolute Gasteiger partial charge is 0.336 e. The Morgan fingerprint density at radius 3 is 2.58 bits per heavy atom. The van der Waals surface area contributed by atoms with E-state index in [1.54, 1.807) is 12.3 Å².